The number of hydrogen-bond acceptors (Lipinski definition) is 5. The molecule has 2 aromatic rings. The molecule has 3 rings (SSSR count). The van der Waals surface area contributed by atoms with Crippen LogP contribution in [0.5, 0.6) is 0 Å². The molecule has 1 fully saturated rings. The van der Waals surface area contributed by atoms with E-state index in [9.17, 15) is 8.42 Å². The topological polar surface area (TPSA) is 82.4 Å². The molecule has 1 aliphatic rings. The number of nitrogens with zero attached hydrogens (tertiary/aromatic N) is 3. The number of likely N-dealkylation sites (N-methyl/N-ethyl adjacent to an activating group) is 1. The third-order valence-corrected chi connectivity index (χ3v) is 6.34. The highest BCUT2D eigenvalue weighted by atomic mass is 32.2. The van der Waals surface area contributed by atoms with Gasteiger partial charge >= 0.3 is 0 Å². The van der Waals surface area contributed by atoms with Crippen molar-refractivity contribution in [2.45, 2.75) is 30.9 Å². The van der Waals surface area contributed by atoms with Crippen molar-refractivity contribution in [3.05, 3.63) is 24.4 Å². The highest BCUT2D eigenvalue weighted by molar-refractivity contribution is 7.89. The number of H-pyrrole nitrogens is 1. The van der Waals surface area contributed by atoms with Crippen LogP contribution in [0.4, 0.5) is 0 Å². The summed E-state index contributed by atoms with van der Waals surface area (Å²) < 4.78 is 33.0. The summed E-state index contributed by atoms with van der Waals surface area (Å²) in [4.78, 5) is 2.12. The Hall–Kier alpha value is -1.64. The lowest BCUT2D eigenvalue weighted by atomic mass is 9.98. The van der Waals surface area contributed by atoms with E-state index < -0.39 is 10.0 Å². The van der Waals surface area contributed by atoms with Crippen LogP contribution in [0.2, 0.25) is 0 Å². The summed E-state index contributed by atoms with van der Waals surface area (Å²) in [7, 11) is 0.392. The maximum Gasteiger partial charge on any atom is 0.276 e. The lowest BCUT2D eigenvalue weighted by Gasteiger charge is -2.24. The van der Waals surface area contributed by atoms with E-state index in [-0.39, 0.29) is 11.1 Å². The highest BCUT2D eigenvalue weighted by Gasteiger charge is 2.41. The fourth-order valence-corrected chi connectivity index (χ4v) is 4.80. The largest absolute Gasteiger partial charge is 0.442 e. The number of aromatic amines is 1. The Kier molecular flexibility index (Phi) is 4.80. The Bertz CT molecular complexity index is 767. The van der Waals surface area contributed by atoms with E-state index in [2.05, 4.69) is 22.0 Å². The molecule has 1 saturated heterocycles. The highest BCUT2D eigenvalue weighted by Crippen LogP contribution is 2.31. The first-order valence-electron chi connectivity index (χ1n) is 8.19. The van der Waals surface area contributed by atoms with Gasteiger partial charge in [0.05, 0.1) is 0 Å². The monoisotopic (exact) mass is 352 g/mol. The van der Waals surface area contributed by atoms with E-state index in [4.69, 9.17) is 4.42 Å². The Labute approximate surface area is 142 Å². The number of nitrogens with one attached hydrogen (secondary N) is 1. The molecule has 0 bridgehead atoms. The van der Waals surface area contributed by atoms with Gasteiger partial charge in [-0.1, -0.05) is 13.3 Å². The summed E-state index contributed by atoms with van der Waals surface area (Å²) in [6.07, 6.45) is 3.67. The molecule has 0 spiro atoms. The standard InChI is InChI=1S/C16H24N4O3S/c1-4-5-12-10-20(11-14(12)19(2)3)24(21,22)16-7-6-15(23-16)13-8-9-17-18-13/h6-9,12,14H,4-5,10-11H2,1-3H3,(H,17,18)/t12-,14-/m1/s1. The van der Waals surface area contributed by atoms with Gasteiger partial charge in [-0.3, -0.25) is 5.10 Å². The van der Waals surface area contributed by atoms with Crippen molar-refractivity contribution in [1.29, 1.82) is 0 Å². The van der Waals surface area contributed by atoms with Crippen LogP contribution in [0.25, 0.3) is 11.5 Å². The molecule has 8 heteroatoms. The lowest BCUT2D eigenvalue weighted by Crippen LogP contribution is -2.36. The normalized spacial score (nSPS) is 22.5. The molecule has 132 valence electrons. The summed E-state index contributed by atoms with van der Waals surface area (Å²) in [5.41, 5.74) is 0.660. The fraction of sp³-hybridized carbons (Fsp3) is 0.562. The Morgan fingerprint density at radius 2 is 2.12 bits per heavy atom. The fourth-order valence-electron chi connectivity index (χ4n) is 3.38. The van der Waals surface area contributed by atoms with Gasteiger partial charge in [0.2, 0.25) is 5.09 Å². The minimum atomic E-state index is -3.62. The zero-order chi connectivity index (χ0) is 17.3. The average Bonchev–Trinajstić information content (AvgIpc) is 3.27. The quantitative estimate of drug-likeness (QED) is 0.860. The van der Waals surface area contributed by atoms with Crippen LogP contribution in [0.1, 0.15) is 19.8 Å². The number of rotatable bonds is 6. The Morgan fingerprint density at radius 1 is 1.33 bits per heavy atom. The minimum Gasteiger partial charge on any atom is -0.442 e. The molecule has 3 heterocycles. The zero-order valence-electron chi connectivity index (χ0n) is 14.3. The molecule has 2 aromatic heterocycles. The van der Waals surface area contributed by atoms with Gasteiger partial charge in [0, 0.05) is 25.3 Å². The third-order valence-electron chi connectivity index (χ3n) is 4.64. The lowest BCUT2D eigenvalue weighted by molar-refractivity contribution is 0.244. The second-order valence-corrected chi connectivity index (χ2v) is 8.36. The van der Waals surface area contributed by atoms with Crippen LogP contribution >= 0.6 is 0 Å². The molecule has 24 heavy (non-hydrogen) atoms. The van der Waals surface area contributed by atoms with Crippen molar-refractivity contribution in [1.82, 2.24) is 19.4 Å². The van der Waals surface area contributed by atoms with Crippen molar-refractivity contribution >= 4 is 10.0 Å². The maximum atomic E-state index is 12.9. The summed E-state index contributed by atoms with van der Waals surface area (Å²) in [6, 6.07) is 5.15. The second-order valence-electron chi connectivity index (χ2n) is 6.49. The summed E-state index contributed by atoms with van der Waals surface area (Å²) >= 11 is 0. The Balaban J connectivity index is 1.83. The molecule has 0 unspecified atom stereocenters. The van der Waals surface area contributed by atoms with Crippen molar-refractivity contribution in [2.24, 2.45) is 5.92 Å². The zero-order valence-corrected chi connectivity index (χ0v) is 15.1. The van der Waals surface area contributed by atoms with Crippen LogP contribution in [-0.2, 0) is 10.0 Å². The first-order valence-corrected chi connectivity index (χ1v) is 9.63. The van der Waals surface area contributed by atoms with Crippen LogP contribution in [0, 0.1) is 5.92 Å². The molecule has 2 atom stereocenters. The third kappa shape index (κ3) is 3.13. The van der Waals surface area contributed by atoms with E-state index in [0.717, 1.165) is 12.8 Å². The molecule has 0 saturated carbocycles. The van der Waals surface area contributed by atoms with E-state index >= 15 is 0 Å². The maximum absolute atomic E-state index is 12.9. The average molecular weight is 352 g/mol. The molecule has 0 amide bonds. The van der Waals surface area contributed by atoms with Gasteiger partial charge in [0.1, 0.15) is 5.69 Å². The van der Waals surface area contributed by atoms with E-state index in [1.54, 1.807) is 22.6 Å². The van der Waals surface area contributed by atoms with Gasteiger partial charge in [-0.2, -0.15) is 9.40 Å². The first kappa shape index (κ1) is 17.2. The smallest absolute Gasteiger partial charge is 0.276 e. The SMILES string of the molecule is CCC[C@@H]1CN(S(=O)(=O)c2ccc(-c3ccn[nH]3)o2)C[C@H]1N(C)C. The van der Waals surface area contributed by atoms with Gasteiger partial charge in [0.15, 0.2) is 5.76 Å². The molecule has 0 aromatic carbocycles. The van der Waals surface area contributed by atoms with Crippen molar-refractivity contribution in [3.8, 4) is 11.5 Å². The Morgan fingerprint density at radius 3 is 2.75 bits per heavy atom. The predicted molar refractivity (Wildman–Crippen MR) is 90.9 cm³/mol. The summed E-state index contributed by atoms with van der Waals surface area (Å²) in [5, 5.41) is 6.62. The molecular weight excluding hydrogens is 328 g/mol. The number of aromatic nitrogens is 2. The summed E-state index contributed by atoms with van der Waals surface area (Å²) in [6.45, 7) is 3.17. The van der Waals surface area contributed by atoms with Crippen molar-refractivity contribution < 1.29 is 12.8 Å². The van der Waals surface area contributed by atoms with Gasteiger partial charge in [-0.25, -0.2) is 8.42 Å². The minimum absolute atomic E-state index is 0.0123. The molecular formula is C16H24N4O3S. The van der Waals surface area contributed by atoms with Crippen molar-refractivity contribution in [2.75, 3.05) is 27.2 Å². The molecule has 0 aliphatic carbocycles. The van der Waals surface area contributed by atoms with E-state index in [0.29, 0.717) is 30.5 Å². The number of hydrogen-bond donors (Lipinski definition) is 1. The van der Waals surface area contributed by atoms with Gasteiger partial charge in [0.25, 0.3) is 10.0 Å². The van der Waals surface area contributed by atoms with Gasteiger partial charge in [-0.15, -0.1) is 0 Å². The number of furan rings is 1. The second kappa shape index (κ2) is 6.70. The first-order chi connectivity index (χ1) is 11.4. The van der Waals surface area contributed by atoms with E-state index in [1.807, 2.05) is 14.1 Å². The van der Waals surface area contributed by atoms with Crippen LogP contribution in [0.15, 0.2) is 33.9 Å². The van der Waals surface area contributed by atoms with Crippen LogP contribution < -0.4 is 0 Å². The summed E-state index contributed by atoms with van der Waals surface area (Å²) in [5.74, 6) is 0.821. The molecule has 7 nitrogen and oxygen atoms in total. The van der Waals surface area contributed by atoms with Gasteiger partial charge in [-0.05, 0) is 44.6 Å². The molecule has 1 aliphatic heterocycles. The van der Waals surface area contributed by atoms with E-state index in [1.165, 1.54) is 6.07 Å². The number of sulfonamides is 1. The molecule has 1 N–H and O–H groups in total. The van der Waals surface area contributed by atoms with Crippen molar-refractivity contribution in [3.63, 3.8) is 0 Å². The van der Waals surface area contributed by atoms with Gasteiger partial charge < -0.3 is 9.32 Å². The van der Waals surface area contributed by atoms with Crippen LogP contribution in [-0.4, -0.2) is 61.0 Å². The van der Waals surface area contributed by atoms with Crippen LogP contribution in [0.3, 0.4) is 0 Å². The molecule has 0 radical (unpaired) electrons. The predicted octanol–water partition coefficient (Wildman–Crippen LogP) is 2.02.